The van der Waals surface area contributed by atoms with Crippen molar-refractivity contribution in [2.24, 2.45) is 0 Å². The Bertz CT molecular complexity index is 207. The van der Waals surface area contributed by atoms with Crippen LogP contribution in [0.3, 0.4) is 0 Å². The van der Waals surface area contributed by atoms with Crippen molar-refractivity contribution in [2.75, 3.05) is 0 Å². The topological polar surface area (TPSA) is 6.48 Å². The van der Waals surface area contributed by atoms with Crippen molar-refractivity contribution in [1.82, 2.24) is 8.46 Å². The molecule has 1 aliphatic heterocycles. The average molecular weight is 245 g/mol. The highest BCUT2D eigenvalue weighted by molar-refractivity contribution is 6.76. The molecule has 0 bridgehead atoms. The van der Waals surface area contributed by atoms with Crippen molar-refractivity contribution in [3.8, 4) is 0 Å². The summed E-state index contributed by atoms with van der Waals surface area (Å²) in [4.78, 5) is 0. The van der Waals surface area contributed by atoms with Crippen LogP contribution < -0.4 is 0 Å². The Morgan fingerprint density at radius 1 is 0.933 bits per heavy atom. The molecule has 0 saturated carbocycles. The summed E-state index contributed by atoms with van der Waals surface area (Å²) in [6.45, 7) is 16.8. The Morgan fingerprint density at radius 2 is 1.27 bits per heavy atom. The molecule has 0 unspecified atom stereocenters. The van der Waals surface area contributed by atoms with Gasteiger partial charge >= 0.3 is 0 Å². The molecular formula is C11H28N2Si2. The van der Waals surface area contributed by atoms with Gasteiger partial charge in [0.05, 0.1) is 0 Å². The van der Waals surface area contributed by atoms with Crippen LogP contribution in [0.25, 0.3) is 0 Å². The largest absolute Gasteiger partial charge is 0.325 e. The first-order chi connectivity index (χ1) is 6.76. The highest BCUT2D eigenvalue weighted by atomic mass is 28.4. The van der Waals surface area contributed by atoms with Crippen LogP contribution in [0.4, 0.5) is 0 Å². The van der Waals surface area contributed by atoms with Crippen molar-refractivity contribution in [2.45, 2.75) is 72.0 Å². The fourth-order valence-corrected chi connectivity index (χ4v) is 9.27. The third-order valence-electron chi connectivity index (χ3n) is 4.49. The van der Waals surface area contributed by atoms with Crippen LogP contribution in [0.15, 0.2) is 0 Å². The third kappa shape index (κ3) is 2.38. The third-order valence-corrected chi connectivity index (χ3v) is 14.2. The summed E-state index contributed by atoms with van der Waals surface area (Å²) in [6, 6.07) is 0. The van der Waals surface area contributed by atoms with E-state index in [-0.39, 0.29) is 9.84 Å². The van der Waals surface area contributed by atoms with E-state index < -0.39 is 9.12 Å². The maximum absolute atomic E-state index is 2.88. The van der Waals surface area contributed by atoms with Crippen LogP contribution in [0.1, 0.15) is 54.4 Å². The van der Waals surface area contributed by atoms with E-state index in [1.807, 2.05) is 0 Å². The number of nitrogens with zero attached hydrogens (tertiary/aromatic N) is 2. The first-order valence-electron chi connectivity index (χ1n) is 6.29. The number of hydrogen-bond acceptors (Lipinski definition) is 2. The molecule has 1 aliphatic rings. The summed E-state index contributed by atoms with van der Waals surface area (Å²) >= 11 is 0. The van der Waals surface area contributed by atoms with E-state index in [0.717, 1.165) is 0 Å². The first kappa shape index (κ1) is 13.4. The van der Waals surface area contributed by atoms with E-state index in [0.29, 0.717) is 11.1 Å². The molecule has 0 aliphatic carbocycles. The van der Waals surface area contributed by atoms with Gasteiger partial charge in [0.1, 0.15) is 0 Å². The summed E-state index contributed by atoms with van der Waals surface area (Å²) in [5.74, 6) is 0. The van der Waals surface area contributed by atoms with E-state index in [4.69, 9.17) is 0 Å². The quantitative estimate of drug-likeness (QED) is 0.696. The highest BCUT2D eigenvalue weighted by Gasteiger charge is 2.47. The molecule has 1 fully saturated rings. The molecule has 0 radical (unpaired) electrons. The molecule has 0 aromatic heterocycles. The monoisotopic (exact) mass is 244 g/mol. The van der Waals surface area contributed by atoms with Crippen molar-refractivity contribution in [3.05, 3.63) is 0 Å². The fraction of sp³-hybridized carbons (Fsp3) is 1.00. The van der Waals surface area contributed by atoms with Gasteiger partial charge in [-0.1, -0.05) is 13.8 Å². The summed E-state index contributed by atoms with van der Waals surface area (Å²) in [7, 11) is -0.872. The van der Waals surface area contributed by atoms with Crippen LogP contribution >= 0.6 is 0 Å². The Labute approximate surface area is 99.8 Å². The zero-order valence-electron chi connectivity index (χ0n) is 11.6. The molecule has 1 heterocycles. The van der Waals surface area contributed by atoms with E-state index >= 15 is 0 Å². The Morgan fingerprint density at radius 3 is 1.47 bits per heavy atom. The molecular weight excluding hydrogens is 216 g/mol. The smallest absolute Gasteiger partial charge is 0.175 e. The molecule has 0 N–H and O–H groups in total. The lowest BCUT2D eigenvalue weighted by Gasteiger charge is -2.61. The minimum absolute atomic E-state index is 0.116. The molecule has 4 heteroatoms. The molecule has 0 aromatic carbocycles. The van der Waals surface area contributed by atoms with Crippen molar-refractivity contribution < 1.29 is 0 Å². The molecule has 90 valence electrons. The van der Waals surface area contributed by atoms with Gasteiger partial charge in [0, 0.05) is 11.1 Å². The minimum atomic E-state index is -0.756. The van der Waals surface area contributed by atoms with Crippen LogP contribution in [-0.2, 0) is 0 Å². The molecule has 0 spiro atoms. The van der Waals surface area contributed by atoms with Crippen LogP contribution in [-0.4, -0.2) is 38.5 Å². The SMILES string of the molecule is CCC(C)(C)N1[SiH2]N(C(C)(C)CC)[SiH]1C. The fourth-order valence-electron chi connectivity index (χ4n) is 2.27. The Hall–Kier alpha value is 0.354. The van der Waals surface area contributed by atoms with Crippen LogP contribution in [0, 0.1) is 0 Å². The summed E-state index contributed by atoms with van der Waals surface area (Å²) < 4.78 is 5.76. The Kier molecular flexibility index (Phi) is 3.86. The number of rotatable bonds is 4. The minimum Gasteiger partial charge on any atom is -0.325 e. The molecule has 1 rings (SSSR count). The van der Waals surface area contributed by atoms with Gasteiger partial charge in [-0.25, -0.2) is 0 Å². The standard InChI is InChI=1S/C11H28N2Si2/c1-8-10(3,4)12-14-13(15(12)7)11(5,6)9-2/h15H,8-9,14H2,1-7H3. The average Bonchev–Trinajstić information content (AvgIpc) is 2.14. The van der Waals surface area contributed by atoms with Crippen LogP contribution in [0.5, 0.6) is 0 Å². The summed E-state index contributed by atoms with van der Waals surface area (Å²) in [6.07, 6.45) is 2.58. The molecule has 0 aromatic rings. The molecule has 1 saturated heterocycles. The van der Waals surface area contributed by atoms with Gasteiger partial charge in [-0.2, -0.15) is 0 Å². The van der Waals surface area contributed by atoms with Gasteiger partial charge in [-0.05, 0) is 47.1 Å². The highest BCUT2D eigenvalue weighted by Crippen LogP contribution is 2.32. The molecule has 2 nitrogen and oxygen atoms in total. The van der Waals surface area contributed by atoms with Crippen molar-refractivity contribution >= 4 is 19.0 Å². The zero-order valence-corrected chi connectivity index (χ0v) is 14.2. The van der Waals surface area contributed by atoms with E-state index in [1.165, 1.54) is 12.8 Å². The second-order valence-electron chi connectivity index (χ2n) is 6.04. The maximum Gasteiger partial charge on any atom is 0.175 e. The second kappa shape index (κ2) is 4.32. The summed E-state index contributed by atoms with van der Waals surface area (Å²) in [5.41, 5.74) is 0.941. The van der Waals surface area contributed by atoms with Gasteiger partial charge in [0.2, 0.25) is 0 Å². The van der Waals surface area contributed by atoms with E-state index in [1.54, 1.807) is 0 Å². The van der Waals surface area contributed by atoms with Gasteiger partial charge in [0.25, 0.3) is 0 Å². The lowest BCUT2D eigenvalue weighted by molar-refractivity contribution is 0.203. The summed E-state index contributed by atoms with van der Waals surface area (Å²) in [5, 5.41) is 0. The normalized spacial score (nSPS) is 27.0. The lowest BCUT2D eigenvalue weighted by Crippen LogP contribution is -2.78. The lowest BCUT2D eigenvalue weighted by atomic mass is 10.0. The maximum atomic E-state index is 2.88. The Balaban J connectivity index is 2.63. The van der Waals surface area contributed by atoms with E-state index in [9.17, 15) is 0 Å². The van der Waals surface area contributed by atoms with Crippen molar-refractivity contribution in [3.63, 3.8) is 0 Å². The van der Waals surface area contributed by atoms with Crippen LogP contribution in [0.2, 0.25) is 6.55 Å². The molecule has 0 amide bonds. The van der Waals surface area contributed by atoms with Gasteiger partial charge in [-0.3, -0.25) is 0 Å². The van der Waals surface area contributed by atoms with Gasteiger partial charge in [0.15, 0.2) is 19.0 Å². The first-order valence-corrected chi connectivity index (χ1v) is 9.75. The predicted octanol–water partition coefficient (Wildman–Crippen LogP) is 1.83. The molecule has 0 atom stereocenters. The van der Waals surface area contributed by atoms with E-state index in [2.05, 4.69) is 56.6 Å². The van der Waals surface area contributed by atoms with Crippen molar-refractivity contribution in [1.29, 1.82) is 0 Å². The zero-order chi connectivity index (χ0) is 11.9. The van der Waals surface area contributed by atoms with Gasteiger partial charge < -0.3 is 8.46 Å². The second-order valence-corrected chi connectivity index (χ2v) is 11.7. The van der Waals surface area contributed by atoms with Gasteiger partial charge in [-0.15, -0.1) is 0 Å². The number of hydrogen-bond donors (Lipinski definition) is 0. The molecule has 15 heavy (non-hydrogen) atoms. The predicted molar refractivity (Wildman–Crippen MR) is 74.0 cm³/mol.